The third-order valence-electron chi connectivity index (χ3n) is 3.62. The van der Waals surface area contributed by atoms with E-state index in [1.807, 2.05) is 0 Å². The first kappa shape index (κ1) is 15.5. The van der Waals surface area contributed by atoms with Crippen LogP contribution in [-0.2, 0) is 0 Å². The van der Waals surface area contributed by atoms with Crippen molar-refractivity contribution >= 4 is 5.69 Å². The summed E-state index contributed by atoms with van der Waals surface area (Å²) in [4.78, 5) is 0. The Morgan fingerprint density at radius 1 is 1.05 bits per heavy atom. The summed E-state index contributed by atoms with van der Waals surface area (Å²) in [5, 5.41) is 3.43. The zero-order valence-corrected chi connectivity index (χ0v) is 12.5. The van der Waals surface area contributed by atoms with E-state index in [-0.39, 0.29) is 17.7 Å². The van der Waals surface area contributed by atoms with Crippen LogP contribution in [0.15, 0.2) is 42.5 Å². The van der Waals surface area contributed by atoms with Crippen molar-refractivity contribution in [3.8, 4) is 0 Å². The average Bonchev–Trinajstić information content (AvgIpc) is 2.48. The predicted octanol–water partition coefficient (Wildman–Crippen LogP) is 5.62. The van der Waals surface area contributed by atoms with Gasteiger partial charge in [-0.05, 0) is 54.8 Å². The summed E-state index contributed by atoms with van der Waals surface area (Å²) >= 11 is 0. The van der Waals surface area contributed by atoms with Gasteiger partial charge in [0.2, 0.25) is 0 Å². The van der Waals surface area contributed by atoms with E-state index in [1.165, 1.54) is 18.2 Å². The lowest BCUT2D eigenvalue weighted by atomic mass is 10.0. The molecule has 0 fully saturated rings. The Kier molecular flexibility index (Phi) is 5.32. The SMILES string of the molecule is CCCCC(Nc1ccc(F)c(C)c1)c1ccc(F)cc1. The lowest BCUT2D eigenvalue weighted by molar-refractivity contribution is 0.613. The number of rotatable bonds is 6. The first-order valence-corrected chi connectivity index (χ1v) is 7.38. The zero-order chi connectivity index (χ0) is 15.2. The van der Waals surface area contributed by atoms with Gasteiger partial charge in [0.15, 0.2) is 0 Å². The molecule has 112 valence electrons. The summed E-state index contributed by atoms with van der Waals surface area (Å²) in [5.41, 5.74) is 2.56. The van der Waals surface area contributed by atoms with E-state index in [0.717, 1.165) is 30.5 Å². The Bertz CT molecular complexity index is 578. The van der Waals surface area contributed by atoms with Gasteiger partial charge in [-0.2, -0.15) is 0 Å². The maximum Gasteiger partial charge on any atom is 0.126 e. The number of benzene rings is 2. The Balaban J connectivity index is 2.19. The molecule has 0 aliphatic carbocycles. The molecule has 0 amide bonds. The summed E-state index contributed by atoms with van der Waals surface area (Å²) in [7, 11) is 0. The highest BCUT2D eigenvalue weighted by Crippen LogP contribution is 2.26. The van der Waals surface area contributed by atoms with Gasteiger partial charge in [0.25, 0.3) is 0 Å². The van der Waals surface area contributed by atoms with Crippen molar-refractivity contribution in [1.82, 2.24) is 0 Å². The molecule has 0 heterocycles. The Morgan fingerprint density at radius 2 is 1.76 bits per heavy atom. The number of nitrogens with one attached hydrogen (secondary N) is 1. The molecular formula is C18H21F2N. The molecule has 21 heavy (non-hydrogen) atoms. The van der Waals surface area contributed by atoms with Crippen LogP contribution in [0.4, 0.5) is 14.5 Å². The molecule has 1 unspecified atom stereocenters. The minimum absolute atomic E-state index is 0.107. The molecule has 0 aliphatic heterocycles. The fraction of sp³-hybridized carbons (Fsp3) is 0.333. The van der Waals surface area contributed by atoms with Crippen molar-refractivity contribution in [2.45, 2.75) is 39.2 Å². The number of hydrogen-bond acceptors (Lipinski definition) is 1. The molecule has 2 aromatic rings. The van der Waals surface area contributed by atoms with E-state index in [9.17, 15) is 8.78 Å². The average molecular weight is 289 g/mol. The summed E-state index contributed by atoms with van der Waals surface area (Å²) in [6, 6.07) is 11.7. The molecule has 0 radical (unpaired) electrons. The molecule has 0 saturated heterocycles. The smallest absolute Gasteiger partial charge is 0.126 e. The van der Waals surface area contributed by atoms with Crippen LogP contribution < -0.4 is 5.32 Å². The van der Waals surface area contributed by atoms with Gasteiger partial charge < -0.3 is 5.32 Å². The first-order chi connectivity index (χ1) is 10.1. The van der Waals surface area contributed by atoms with Crippen LogP contribution in [0.2, 0.25) is 0 Å². The van der Waals surface area contributed by atoms with Crippen LogP contribution in [-0.4, -0.2) is 0 Å². The normalized spacial score (nSPS) is 12.2. The molecule has 0 aliphatic rings. The highest BCUT2D eigenvalue weighted by molar-refractivity contribution is 5.48. The van der Waals surface area contributed by atoms with Gasteiger partial charge in [-0.3, -0.25) is 0 Å². The number of hydrogen-bond donors (Lipinski definition) is 1. The van der Waals surface area contributed by atoms with Crippen molar-refractivity contribution in [2.75, 3.05) is 5.32 Å². The van der Waals surface area contributed by atoms with Gasteiger partial charge in [0.1, 0.15) is 11.6 Å². The third-order valence-corrected chi connectivity index (χ3v) is 3.62. The lowest BCUT2D eigenvalue weighted by Crippen LogP contribution is -2.11. The van der Waals surface area contributed by atoms with Crippen LogP contribution in [0.25, 0.3) is 0 Å². The van der Waals surface area contributed by atoms with E-state index >= 15 is 0 Å². The van der Waals surface area contributed by atoms with Gasteiger partial charge in [0.05, 0.1) is 6.04 Å². The Hall–Kier alpha value is -1.90. The fourth-order valence-electron chi connectivity index (χ4n) is 2.36. The second kappa shape index (κ2) is 7.21. The first-order valence-electron chi connectivity index (χ1n) is 7.38. The fourth-order valence-corrected chi connectivity index (χ4v) is 2.36. The van der Waals surface area contributed by atoms with Crippen molar-refractivity contribution in [3.05, 3.63) is 65.2 Å². The van der Waals surface area contributed by atoms with E-state index in [4.69, 9.17) is 0 Å². The van der Waals surface area contributed by atoms with E-state index in [0.29, 0.717) is 5.56 Å². The van der Waals surface area contributed by atoms with Crippen molar-refractivity contribution in [1.29, 1.82) is 0 Å². The lowest BCUT2D eigenvalue weighted by Gasteiger charge is -2.21. The molecule has 0 saturated carbocycles. The highest BCUT2D eigenvalue weighted by Gasteiger charge is 2.11. The van der Waals surface area contributed by atoms with Crippen LogP contribution in [0.3, 0.4) is 0 Å². The molecule has 1 N–H and O–H groups in total. The van der Waals surface area contributed by atoms with Crippen molar-refractivity contribution in [3.63, 3.8) is 0 Å². The monoisotopic (exact) mass is 289 g/mol. The van der Waals surface area contributed by atoms with Crippen molar-refractivity contribution in [2.24, 2.45) is 0 Å². The summed E-state index contributed by atoms with van der Waals surface area (Å²) in [6.45, 7) is 3.89. The van der Waals surface area contributed by atoms with Gasteiger partial charge in [-0.25, -0.2) is 8.78 Å². The molecule has 2 aromatic carbocycles. The van der Waals surface area contributed by atoms with Crippen molar-refractivity contribution < 1.29 is 8.78 Å². The topological polar surface area (TPSA) is 12.0 Å². The maximum absolute atomic E-state index is 13.3. The zero-order valence-electron chi connectivity index (χ0n) is 12.5. The van der Waals surface area contributed by atoms with Crippen LogP contribution in [0.1, 0.15) is 43.4 Å². The standard InChI is InChI=1S/C18H21F2N/c1-3-4-5-18(14-6-8-15(19)9-7-14)21-16-10-11-17(20)13(2)12-16/h6-12,18,21H,3-5H2,1-2H3. The third kappa shape index (κ3) is 4.28. The van der Waals surface area contributed by atoms with Gasteiger partial charge in [-0.1, -0.05) is 31.9 Å². The second-order valence-electron chi connectivity index (χ2n) is 5.35. The van der Waals surface area contributed by atoms with E-state index in [2.05, 4.69) is 12.2 Å². The minimum Gasteiger partial charge on any atom is -0.378 e. The number of unbranched alkanes of at least 4 members (excludes halogenated alkanes) is 1. The number of aryl methyl sites for hydroxylation is 1. The molecule has 3 heteroatoms. The van der Waals surface area contributed by atoms with E-state index < -0.39 is 0 Å². The second-order valence-corrected chi connectivity index (χ2v) is 5.35. The van der Waals surface area contributed by atoms with Crippen LogP contribution >= 0.6 is 0 Å². The molecule has 2 rings (SSSR count). The summed E-state index contributed by atoms with van der Waals surface area (Å²) in [6.07, 6.45) is 3.13. The van der Waals surface area contributed by atoms with Gasteiger partial charge >= 0.3 is 0 Å². The molecule has 0 spiro atoms. The largest absolute Gasteiger partial charge is 0.378 e. The van der Waals surface area contributed by atoms with Gasteiger partial charge in [0, 0.05) is 5.69 Å². The Morgan fingerprint density at radius 3 is 2.38 bits per heavy atom. The number of halogens is 2. The quantitative estimate of drug-likeness (QED) is 0.728. The summed E-state index contributed by atoms with van der Waals surface area (Å²) in [5.74, 6) is -0.432. The molecule has 1 atom stereocenters. The molecule has 0 bridgehead atoms. The molecule has 0 aromatic heterocycles. The molecular weight excluding hydrogens is 268 g/mol. The predicted molar refractivity (Wildman–Crippen MR) is 83.4 cm³/mol. The van der Waals surface area contributed by atoms with E-state index in [1.54, 1.807) is 31.2 Å². The minimum atomic E-state index is -0.231. The maximum atomic E-state index is 13.3. The van der Waals surface area contributed by atoms with Crippen LogP contribution in [0, 0.1) is 18.6 Å². The highest BCUT2D eigenvalue weighted by atomic mass is 19.1. The van der Waals surface area contributed by atoms with Gasteiger partial charge in [-0.15, -0.1) is 0 Å². The molecule has 1 nitrogen and oxygen atoms in total. The van der Waals surface area contributed by atoms with Crippen LogP contribution in [0.5, 0.6) is 0 Å². The summed E-state index contributed by atoms with van der Waals surface area (Å²) < 4.78 is 26.4. The Labute approximate surface area is 125 Å². The number of anilines is 1.